The quantitative estimate of drug-likeness (QED) is 0.603. The molecule has 0 aliphatic heterocycles. The van der Waals surface area contributed by atoms with E-state index in [0.29, 0.717) is 18.7 Å². The Morgan fingerprint density at radius 2 is 1.86 bits per heavy atom. The summed E-state index contributed by atoms with van der Waals surface area (Å²) in [5, 5.41) is 0. The first kappa shape index (κ1) is 21.2. The van der Waals surface area contributed by atoms with E-state index in [4.69, 9.17) is 9.47 Å². The predicted molar refractivity (Wildman–Crippen MR) is 103 cm³/mol. The summed E-state index contributed by atoms with van der Waals surface area (Å²) in [4.78, 5) is 13.8. The van der Waals surface area contributed by atoms with E-state index in [1.165, 1.54) is 30.2 Å². The maximum absolute atomic E-state index is 12.7. The van der Waals surface area contributed by atoms with Gasteiger partial charge in [-0.1, -0.05) is 30.3 Å². The summed E-state index contributed by atoms with van der Waals surface area (Å²) >= 11 is 0. The third kappa shape index (κ3) is 5.97. The van der Waals surface area contributed by atoms with E-state index < -0.39 is 6.61 Å². The number of aryl methyl sites for hydroxylation is 1. The smallest absolute Gasteiger partial charge is 0.387 e. The molecule has 28 heavy (non-hydrogen) atoms. The number of rotatable bonds is 9. The van der Waals surface area contributed by atoms with Crippen LogP contribution in [0.1, 0.15) is 11.1 Å². The zero-order chi connectivity index (χ0) is 20.5. The highest BCUT2D eigenvalue weighted by molar-refractivity contribution is 5.92. The number of para-hydroxylation sites is 2. The summed E-state index contributed by atoms with van der Waals surface area (Å²) < 4.78 is 40.6. The lowest BCUT2D eigenvalue weighted by Gasteiger charge is -2.16. The molecule has 0 spiro atoms. The van der Waals surface area contributed by atoms with Crippen molar-refractivity contribution in [2.24, 2.45) is 0 Å². The van der Waals surface area contributed by atoms with Gasteiger partial charge in [-0.05, 0) is 30.7 Å². The highest BCUT2D eigenvalue weighted by Gasteiger charge is 2.14. The van der Waals surface area contributed by atoms with Crippen LogP contribution >= 0.6 is 0 Å². The van der Waals surface area contributed by atoms with Gasteiger partial charge < -0.3 is 19.1 Å². The second kappa shape index (κ2) is 10.3. The van der Waals surface area contributed by atoms with Crippen molar-refractivity contribution >= 4 is 12.0 Å². The van der Waals surface area contributed by atoms with Crippen LogP contribution in [0.2, 0.25) is 0 Å². The van der Waals surface area contributed by atoms with Crippen LogP contribution in [-0.4, -0.2) is 44.7 Å². The van der Waals surface area contributed by atoms with Gasteiger partial charge in [0, 0.05) is 18.7 Å². The number of amides is 1. The van der Waals surface area contributed by atoms with Gasteiger partial charge in [-0.3, -0.25) is 4.79 Å². The lowest BCUT2D eigenvalue weighted by atomic mass is 10.1. The van der Waals surface area contributed by atoms with E-state index >= 15 is 0 Å². The van der Waals surface area contributed by atoms with Crippen molar-refractivity contribution in [3.63, 3.8) is 0 Å². The minimum Gasteiger partial charge on any atom is -0.493 e. The molecule has 0 saturated carbocycles. The largest absolute Gasteiger partial charge is 0.493 e. The number of ether oxygens (including phenoxy) is 3. The molecule has 0 unspecified atom stereocenters. The van der Waals surface area contributed by atoms with Gasteiger partial charge >= 0.3 is 6.61 Å². The summed E-state index contributed by atoms with van der Waals surface area (Å²) in [6, 6.07) is 12.3. The molecule has 7 heteroatoms. The Hall–Kier alpha value is -3.09. The minimum absolute atomic E-state index is 0.116. The maximum Gasteiger partial charge on any atom is 0.387 e. The first-order valence-corrected chi connectivity index (χ1v) is 8.65. The van der Waals surface area contributed by atoms with Gasteiger partial charge in [0.1, 0.15) is 12.4 Å². The first-order valence-electron chi connectivity index (χ1n) is 8.65. The fourth-order valence-corrected chi connectivity index (χ4v) is 2.45. The molecule has 2 rings (SSSR count). The number of hydrogen-bond donors (Lipinski definition) is 0. The van der Waals surface area contributed by atoms with Crippen LogP contribution in [0.3, 0.4) is 0 Å². The molecule has 0 N–H and O–H groups in total. The average molecular weight is 391 g/mol. The Morgan fingerprint density at radius 1 is 1.14 bits per heavy atom. The molecule has 0 radical (unpaired) electrons. The van der Waals surface area contributed by atoms with Gasteiger partial charge in [-0.25, -0.2) is 0 Å². The molecular weight excluding hydrogens is 368 g/mol. The summed E-state index contributed by atoms with van der Waals surface area (Å²) in [7, 11) is 2.99. The zero-order valence-corrected chi connectivity index (χ0v) is 16.0. The third-order valence-corrected chi connectivity index (χ3v) is 4.00. The lowest BCUT2D eigenvalue weighted by molar-refractivity contribution is -0.125. The van der Waals surface area contributed by atoms with Crippen LogP contribution in [0.4, 0.5) is 8.78 Å². The number of carbonyl (C=O) groups excluding carboxylic acids is 1. The lowest BCUT2D eigenvalue weighted by Crippen LogP contribution is -2.29. The Bertz CT molecular complexity index is 824. The van der Waals surface area contributed by atoms with Crippen LogP contribution in [-0.2, 0) is 4.79 Å². The fourth-order valence-electron chi connectivity index (χ4n) is 2.45. The number of carbonyl (C=O) groups is 1. The molecule has 0 aromatic heterocycles. The maximum atomic E-state index is 12.7. The van der Waals surface area contributed by atoms with Crippen LogP contribution in [0.15, 0.2) is 48.5 Å². The van der Waals surface area contributed by atoms with Crippen molar-refractivity contribution in [2.45, 2.75) is 13.5 Å². The van der Waals surface area contributed by atoms with Gasteiger partial charge in [0.25, 0.3) is 0 Å². The fraction of sp³-hybridized carbons (Fsp3) is 0.286. The van der Waals surface area contributed by atoms with Gasteiger partial charge in [-0.15, -0.1) is 0 Å². The molecule has 0 heterocycles. The van der Waals surface area contributed by atoms with Crippen molar-refractivity contribution in [1.29, 1.82) is 0 Å². The van der Waals surface area contributed by atoms with Crippen molar-refractivity contribution in [1.82, 2.24) is 4.90 Å². The number of likely N-dealkylation sites (N-methyl/N-ethyl adjacent to an activating group) is 1. The number of halogens is 2. The van der Waals surface area contributed by atoms with Crippen molar-refractivity contribution in [3.8, 4) is 17.2 Å². The topological polar surface area (TPSA) is 48.0 Å². The van der Waals surface area contributed by atoms with Crippen LogP contribution in [0, 0.1) is 6.92 Å². The number of nitrogens with zero attached hydrogens (tertiary/aromatic N) is 1. The summed E-state index contributed by atoms with van der Waals surface area (Å²) in [5.41, 5.74) is 1.33. The third-order valence-electron chi connectivity index (χ3n) is 4.00. The highest BCUT2D eigenvalue weighted by Crippen LogP contribution is 2.33. The molecule has 2 aromatic rings. The van der Waals surface area contributed by atoms with E-state index in [1.807, 2.05) is 31.2 Å². The second-order valence-corrected chi connectivity index (χ2v) is 5.96. The Labute approximate surface area is 163 Å². The summed E-state index contributed by atoms with van der Waals surface area (Å²) in [6.45, 7) is -0.351. The molecule has 0 fully saturated rings. The van der Waals surface area contributed by atoms with E-state index in [9.17, 15) is 13.6 Å². The SMILES string of the molecule is COc1cccc(C=CC(=O)N(C)CCOc2ccccc2C)c1OC(F)F. The Balaban J connectivity index is 1.98. The normalized spacial score (nSPS) is 10.9. The standard InChI is InChI=1S/C21H23F2NO4/c1-15-7-4-5-9-17(15)27-14-13-24(2)19(25)12-11-16-8-6-10-18(26-3)20(16)28-21(22)23/h4-12,21H,13-14H2,1-3H3. The predicted octanol–water partition coefficient (Wildman–Crippen LogP) is 4.16. The number of alkyl halides is 2. The van der Waals surface area contributed by atoms with Crippen molar-refractivity contribution in [2.75, 3.05) is 27.3 Å². The molecule has 0 saturated heterocycles. The summed E-state index contributed by atoms with van der Waals surface area (Å²) in [6.07, 6.45) is 2.71. The van der Waals surface area contributed by atoms with E-state index in [2.05, 4.69) is 4.74 Å². The number of methoxy groups -OCH3 is 1. The zero-order valence-electron chi connectivity index (χ0n) is 16.0. The molecule has 0 atom stereocenters. The molecule has 0 aliphatic carbocycles. The van der Waals surface area contributed by atoms with Gasteiger partial charge in [0.2, 0.25) is 5.91 Å². The molecular formula is C21H23F2NO4. The van der Waals surface area contributed by atoms with Gasteiger partial charge in [0.05, 0.1) is 13.7 Å². The van der Waals surface area contributed by atoms with Gasteiger partial charge in [0.15, 0.2) is 11.5 Å². The van der Waals surface area contributed by atoms with Gasteiger partial charge in [-0.2, -0.15) is 8.78 Å². The highest BCUT2D eigenvalue weighted by atomic mass is 19.3. The number of hydrogen-bond acceptors (Lipinski definition) is 4. The van der Waals surface area contributed by atoms with Crippen LogP contribution in [0.25, 0.3) is 6.08 Å². The molecule has 2 aromatic carbocycles. The van der Waals surface area contributed by atoms with Crippen molar-refractivity contribution in [3.05, 3.63) is 59.7 Å². The molecule has 5 nitrogen and oxygen atoms in total. The minimum atomic E-state index is -3.00. The van der Waals surface area contributed by atoms with Crippen molar-refractivity contribution < 1.29 is 27.8 Å². The Morgan fingerprint density at radius 3 is 2.54 bits per heavy atom. The second-order valence-electron chi connectivity index (χ2n) is 5.96. The average Bonchev–Trinajstić information content (AvgIpc) is 2.67. The monoisotopic (exact) mass is 391 g/mol. The van der Waals surface area contributed by atoms with E-state index in [0.717, 1.165) is 11.3 Å². The molecule has 1 amide bonds. The van der Waals surface area contributed by atoms with E-state index in [-0.39, 0.29) is 17.4 Å². The van der Waals surface area contributed by atoms with E-state index in [1.54, 1.807) is 19.2 Å². The molecule has 150 valence electrons. The Kier molecular flexibility index (Phi) is 7.80. The molecule has 0 bridgehead atoms. The number of benzene rings is 2. The first-order chi connectivity index (χ1) is 13.4. The van der Waals surface area contributed by atoms with Crippen LogP contribution < -0.4 is 14.2 Å². The summed E-state index contributed by atoms with van der Waals surface area (Å²) in [5.74, 6) is 0.521. The van der Waals surface area contributed by atoms with Crippen LogP contribution in [0.5, 0.6) is 17.2 Å². The molecule has 0 aliphatic rings.